The predicted octanol–water partition coefficient (Wildman–Crippen LogP) is 4.10. The van der Waals surface area contributed by atoms with Gasteiger partial charge in [-0.25, -0.2) is 19.9 Å². The Morgan fingerprint density at radius 3 is 2.59 bits per heavy atom. The van der Waals surface area contributed by atoms with Crippen LogP contribution >= 0.6 is 22.6 Å². The van der Waals surface area contributed by atoms with Crippen LogP contribution in [-0.2, 0) is 4.74 Å². The molecule has 9 heteroatoms. The van der Waals surface area contributed by atoms with Gasteiger partial charge in [0.2, 0.25) is 11.9 Å². The van der Waals surface area contributed by atoms with E-state index in [-0.39, 0.29) is 0 Å². The number of aromatic nitrogens is 4. The highest BCUT2D eigenvalue weighted by Crippen LogP contribution is 2.44. The largest absolute Gasteiger partial charge is 0.383 e. The maximum atomic E-state index is 5.24. The Balaban J connectivity index is 1.36. The molecule has 0 unspecified atom stereocenters. The Morgan fingerprint density at radius 1 is 1.12 bits per heavy atom. The molecule has 4 rings (SSSR count). The molecule has 2 aliphatic carbocycles. The van der Waals surface area contributed by atoms with Crippen LogP contribution in [0, 0.1) is 8.99 Å². The van der Waals surface area contributed by atoms with Crippen LogP contribution in [0.3, 0.4) is 0 Å². The minimum Gasteiger partial charge on any atom is -0.383 e. The van der Waals surface area contributed by atoms with Gasteiger partial charge in [0.1, 0.15) is 5.69 Å². The lowest BCUT2D eigenvalue weighted by Gasteiger charge is -2.31. The Bertz CT molecular complexity index is 900. The third kappa shape index (κ3) is 6.48. The molecule has 0 amide bonds. The number of anilines is 2. The van der Waals surface area contributed by atoms with E-state index in [4.69, 9.17) is 14.7 Å². The summed E-state index contributed by atoms with van der Waals surface area (Å²) in [7, 11) is 1.75. The van der Waals surface area contributed by atoms with Crippen LogP contribution in [0.25, 0.3) is 11.4 Å². The van der Waals surface area contributed by atoms with Gasteiger partial charge in [0.05, 0.1) is 15.9 Å². The van der Waals surface area contributed by atoms with Gasteiger partial charge in [-0.1, -0.05) is 6.92 Å². The van der Waals surface area contributed by atoms with Crippen LogP contribution in [0.4, 0.5) is 11.9 Å². The molecule has 2 heterocycles. The molecule has 0 aliphatic heterocycles. The highest BCUT2D eigenvalue weighted by atomic mass is 127. The monoisotopic (exact) mass is 551 g/mol. The van der Waals surface area contributed by atoms with Gasteiger partial charge in [0.15, 0.2) is 0 Å². The van der Waals surface area contributed by atoms with E-state index in [0.29, 0.717) is 35.4 Å². The molecule has 0 bridgehead atoms. The molecule has 0 saturated heterocycles. The Kier molecular flexibility index (Phi) is 7.78. The summed E-state index contributed by atoms with van der Waals surface area (Å²) in [5.74, 6) is 1.33. The molecule has 0 aromatic carbocycles. The summed E-state index contributed by atoms with van der Waals surface area (Å²) in [6.45, 7) is 6.12. The summed E-state index contributed by atoms with van der Waals surface area (Å²) in [6, 6.07) is 3.24. The Labute approximate surface area is 204 Å². The van der Waals surface area contributed by atoms with Crippen LogP contribution in [0.5, 0.6) is 0 Å². The molecule has 174 valence electrons. The standard InChI is InChI=1S/C23H34IN7O/c1-15(13-32-3)28-16-4-6-17(7-5-16)29-22-26-12-18(24)20(31-22)19-8-11-25-21(30-19)27-14-23(2)9-10-23/h8,11-12,15-17,28H,4-7,9-10,13-14H2,1-3H3,(H,25,27,30)(H,26,29,31)/t15-,16?,17?/m0/s1. The van der Waals surface area contributed by atoms with E-state index >= 15 is 0 Å². The van der Waals surface area contributed by atoms with E-state index in [2.05, 4.69) is 62.4 Å². The van der Waals surface area contributed by atoms with Crippen molar-refractivity contribution >= 4 is 34.5 Å². The molecule has 2 aromatic rings. The summed E-state index contributed by atoms with van der Waals surface area (Å²) in [4.78, 5) is 18.4. The molecule has 3 N–H and O–H groups in total. The SMILES string of the molecule is COC[C@H](C)NC1CCC(Nc2ncc(I)c(-c3ccnc(NCC4(C)CC4)n3)n2)CC1. The van der Waals surface area contributed by atoms with Crippen LogP contribution in [0.1, 0.15) is 52.4 Å². The maximum Gasteiger partial charge on any atom is 0.223 e. The van der Waals surface area contributed by atoms with Crippen molar-refractivity contribution in [1.82, 2.24) is 25.3 Å². The van der Waals surface area contributed by atoms with Crippen LogP contribution in [0.15, 0.2) is 18.5 Å². The minimum atomic E-state index is 0.385. The average molecular weight is 551 g/mol. The highest BCUT2D eigenvalue weighted by molar-refractivity contribution is 14.1. The third-order valence-electron chi connectivity index (χ3n) is 6.42. The molecule has 0 spiro atoms. The van der Waals surface area contributed by atoms with Crippen LogP contribution in [-0.4, -0.2) is 58.3 Å². The molecule has 0 radical (unpaired) electrons. The first-order chi connectivity index (χ1) is 15.4. The molecule has 2 saturated carbocycles. The van der Waals surface area contributed by atoms with Crippen molar-refractivity contribution in [2.75, 3.05) is 30.9 Å². The van der Waals surface area contributed by atoms with E-state index < -0.39 is 0 Å². The summed E-state index contributed by atoms with van der Waals surface area (Å²) < 4.78 is 6.21. The van der Waals surface area contributed by atoms with Crippen LogP contribution < -0.4 is 16.0 Å². The molecule has 2 aromatic heterocycles. The first kappa shape index (κ1) is 23.6. The van der Waals surface area contributed by atoms with Gasteiger partial charge in [0.25, 0.3) is 0 Å². The zero-order valence-corrected chi connectivity index (χ0v) is 21.4. The van der Waals surface area contributed by atoms with Crippen LogP contribution in [0.2, 0.25) is 0 Å². The second-order valence-electron chi connectivity index (χ2n) is 9.54. The number of hydrogen-bond donors (Lipinski definition) is 3. The van der Waals surface area contributed by atoms with Gasteiger partial charge >= 0.3 is 0 Å². The lowest BCUT2D eigenvalue weighted by atomic mass is 9.91. The summed E-state index contributed by atoms with van der Waals surface area (Å²) in [5, 5.41) is 10.6. The zero-order chi connectivity index (χ0) is 22.6. The van der Waals surface area contributed by atoms with Gasteiger partial charge in [-0.05, 0) is 79.5 Å². The summed E-state index contributed by atoms with van der Waals surface area (Å²) >= 11 is 2.28. The summed E-state index contributed by atoms with van der Waals surface area (Å²) in [5.41, 5.74) is 2.06. The van der Waals surface area contributed by atoms with Crippen molar-refractivity contribution in [2.24, 2.45) is 5.41 Å². The molecular weight excluding hydrogens is 517 g/mol. The Morgan fingerprint density at radius 2 is 1.88 bits per heavy atom. The van der Waals surface area contributed by atoms with Gasteiger partial charge in [-0.2, -0.15) is 0 Å². The minimum absolute atomic E-state index is 0.385. The molecule has 32 heavy (non-hydrogen) atoms. The second-order valence-corrected chi connectivity index (χ2v) is 10.7. The normalized spacial score (nSPS) is 22.9. The predicted molar refractivity (Wildman–Crippen MR) is 136 cm³/mol. The maximum absolute atomic E-state index is 5.24. The van der Waals surface area contributed by atoms with Crippen molar-refractivity contribution in [3.8, 4) is 11.4 Å². The molecule has 8 nitrogen and oxygen atoms in total. The lowest BCUT2D eigenvalue weighted by Crippen LogP contribution is -2.43. The first-order valence-corrected chi connectivity index (χ1v) is 12.6. The van der Waals surface area contributed by atoms with E-state index in [9.17, 15) is 0 Å². The van der Waals surface area contributed by atoms with Crippen molar-refractivity contribution in [2.45, 2.75) is 70.5 Å². The molecular formula is C23H34IN7O. The van der Waals surface area contributed by atoms with Crippen molar-refractivity contribution in [3.63, 3.8) is 0 Å². The van der Waals surface area contributed by atoms with Gasteiger partial charge in [0, 0.05) is 44.2 Å². The number of rotatable bonds is 10. The summed E-state index contributed by atoms with van der Waals surface area (Å²) in [6.07, 6.45) is 10.7. The molecule has 2 fully saturated rings. The topological polar surface area (TPSA) is 96.9 Å². The number of nitrogens with zero attached hydrogens (tertiary/aromatic N) is 4. The Hall–Kier alpha value is -1.59. The number of hydrogen-bond acceptors (Lipinski definition) is 8. The van der Waals surface area contributed by atoms with Crippen molar-refractivity contribution < 1.29 is 4.74 Å². The first-order valence-electron chi connectivity index (χ1n) is 11.6. The second kappa shape index (κ2) is 10.6. The smallest absolute Gasteiger partial charge is 0.223 e. The fourth-order valence-corrected chi connectivity index (χ4v) is 4.70. The number of ether oxygens (including phenoxy) is 1. The fourth-order valence-electron chi connectivity index (χ4n) is 4.16. The highest BCUT2D eigenvalue weighted by Gasteiger charge is 2.37. The van der Waals surface area contributed by atoms with Gasteiger partial charge in [-0.15, -0.1) is 0 Å². The fraction of sp³-hybridized carbons (Fsp3) is 0.652. The van der Waals surface area contributed by atoms with E-state index in [0.717, 1.165) is 53.8 Å². The third-order valence-corrected chi connectivity index (χ3v) is 7.21. The quantitative estimate of drug-likeness (QED) is 0.380. The number of nitrogens with one attached hydrogen (secondary N) is 3. The van der Waals surface area contributed by atoms with Crippen molar-refractivity contribution in [3.05, 3.63) is 22.0 Å². The average Bonchev–Trinajstić information content (AvgIpc) is 3.53. The molecule has 2 aliphatic rings. The zero-order valence-electron chi connectivity index (χ0n) is 19.2. The van der Waals surface area contributed by atoms with E-state index in [1.165, 1.54) is 12.8 Å². The van der Waals surface area contributed by atoms with Gasteiger partial charge in [-0.3, -0.25) is 0 Å². The number of methoxy groups -OCH3 is 1. The van der Waals surface area contributed by atoms with Crippen molar-refractivity contribution in [1.29, 1.82) is 0 Å². The number of halogens is 1. The lowest BCUT2D eigenvalue weighted by molar-refractivity contribution is 0.161. The van der Waals surface area contributed by atoms with E-state index in [1.54, 1.807) is 13.3 Å². The van der Waals surface area contributed by atoms with Gasteiger partial charge < -0.3 is 20.7 Å². The van der Waals surface area contributed by atoms with E-state index in [1.807, 2.05) is 12.3 Å². The molecule has 1 atom stereocenters.